The SMILES string of the molecule is CC[C@H]1OC(=O)[C@H](C)[C@@H](OC(=O)NCc2ccccc2)[C@H](C)[C@@H](O[C@@H]2O[C@H](C)C[C@H](N(C)C)[C@H]2OCOCc2ccccc2)[C@](C)(O)C[C@@H](C)CN(C)[C@H](C)[C@H]2OC(=O)O[C@@]21C. The molecule has 62 heavy (non-hydrogen) atoms. The van der Waals surface area contributed by atoms with Gasteiger partial charge in [0.1, 0.15) is 25.1 Å². The Morgan fingerprint density at radius 2 is 1.60 bits per heavy atom. The van der Waals surface area contributed by atoms with E-state index in [1.807, 2.05) is 110 Å². The van der Waals surface area contributed by atoms with Gasteiger partial charge in [0.25, 0.3) is 0 Å². The molecule has 3 aliphatic rings. The van der Waals surface area contributed by atoms with Gasteiger partial charge in [-0.3, -0.25) is 9.69 Å². The predicted octanol–water partition coefficient (Wildman–Crippen LogP) is 6.29. The molecule has 15 heteroatoms. The van der Waals surface area contributed by atoms with Crippen molar-refractivity contribution in [3.8, 4) is 0 Å². The van der Waals surface area contributed by atoms with Crippen LogP contribution in [0.5, 0.6) is 0 Å². The molecule has 3 saturated heterocycles. The molecule has 0 aromatic heterocycles. The number of fused-ring (bicyclic) bond motifs is 1. The second-order valence-corrected chi connectivity index (χ2v) is 18.3. The van der Waals surface area contributed by atoms with E-state index in [4.69, 9.17) is 37.9 Å². The maximum Gasteiger partial charge on any atom is 0.509 e. The van der Waals surface area contributed by atoms with Crippen LogP contribution in [0.15, 0.2) is 60.7 Å². The number of likely N-dealkylation sites (N-methyl/N-ethyl adjacent to an activating group) is 2. The van der Waals surface area contributed by atoms with Gasteiger partial charge in [-0.2, -0.15) is 0 Å². The first-order valence-corrected chi connectivity index (χ1v) is 22.1. The average Bonchev–Trinajstić information content (AvgIpc) is 3.54. The van der Waals surface area contributed by atoms with Crippen LogP contribution in [0.3, 0.4) is 0 Å². The zero-order chi connectivity index (χ0) is 45.4. The Bertz CT molecular complexity index is 1730. The molecule has 0 aliphatic carbocycles. The fourth-order valence-corrected chi connectivity index (χ4v) is 9.51. The van der Waals surface area contributed by atoms with E-state index < -0.39 is 78.1 Å². The minimum Gasteiger partial charge on any atom is -0.458 e. The van der Waals surface area contributed by atoms with Crippen molar-refractivity contribution in [1.29, 1.82) is 0 Å². The van der Waals surface area contributed by atoms with Gasteiger partial charge in [0, 0.05) is 31.1 Å². The number of esters is 1. The van der Waals surface area contributed by atoms with Crippen LogP contribution in [0.2, 0.25) is 0 Å². The summed E-state index contributed by atoms with van der Waals surface area (Å²) in [5.74, 6) is -2.77. The van der Waals surface area contributed by atoms with Gasteiger partial charge in [0.05, 0.1) is 30.3 Å². The first-order valence-electron chi connectivity index (χ1n) is 22.1. The van der Waals surface area contributed by atoms with Crippen molar-refractivity contribution in [2.45, 2.75) is 154 Å². The molecule has 15 nitrogen and oxygen atoms in total. The lowest BCUT2D eigenvalue weighted by Gasteiger charge is -2.48. The van der Waals surface area contributed by atoms with Crippen molar-refractivity contribution in [2.75, 3.05) is 34.5 Å². The van der Waals surface area contributed by atoms with Crippen molar-refractivity contribution in [2.24, 2.45) is 17.8 Å². The quantitative estimate of drug-likeness (QED) is 0.106. The molecule has 2 aromatic carbocycles. The Hall–Kier alpha value is -3.83. The molecular weight excluding hydrogens is 799 g/mol. The van der Waals surface area contributed by atoms with E-state index in [1.54, 1.807) is 27.7 Å². The number of nitrogens with one attached hydrogen (secondary N) is 1. The van der Waals surface area contributed by atoms with E-state index in [2.05, 4.69) is 15.1 Å². The van der Waals surface area contributed by atoms with E-state index in [9.17, 15) is 19.5 Å². The van der Waals surface area contributed by atoms with Crippen LogP contribution in [0.4, 0.5) is 9.59 Å². The first kappa shape index (κ1) is 49.2. The maximum absolute atomic E-state index is 14.5. The van der Waals surface area contributed by atoms with E-state index in [-0.39, 0.29) is 43.9 Å². The van der Waals surface area contributed by atoms with Gasteiger partial charge in [0.2, 0.25) is 0 Å². The Kier molecular flexibility index (Phi) is 17.2. The minimum absolute atomic E-state index is 0.0482. The molecule has 2 aromatic rings. The Balaban J connectivity index is 1.53. The van der Waals surface area contributed by atoms with Gasteiger partial charge in [-0.25, -0.2) is 9.59 Å². The fourth-order valence-electron chi connectivity index (χ4n) is 9.51. The molecule has 346 valence electrons. The van der Waals surface area contributed by atoms with Gasteiger partial charge >= 0.3 is 18.2 Å². The number of carbonyl (C=O) groups excluding carboxylic acids is 3. The average molecular weight is 870 g/mol. The van der Waals surface area contributed by atoms with E-state index in [0.717, 1.165) is 11.1 Å². The fraction of sp³-hybridized carbons (Fsp3) is 0.681. The van der Waals surface area contributed by atoms with Crippen LogP contribution < -0.4 is 5.32 Å². The highest BCUT2D eigenvalue weighted by Gasteiger charge is 2.58. The van der Waals surface area contributed by atoms with Gasteiger partial charge in [-0.05, 0) is 92.1 Å². The number of hydrogen-bond acceptors (Lipinski definition) is 14. The summed E-state index contributed by atoms with van der Waals surface area (Å²) >= 11 is 0. The van der Waals surface area contributed by atoms with Crippen molar-refractivity contribution in [3.05, 3.63) is 71.8 Å². The molecule has 1 amide bonds. The summed E-state index contributed by atoms with van der Waals surface area (Å²) < 4.78 is 50.1. The highest BCUT2D eigenvalue weighted by Crippen LogP contribution is 2.40. The molecule has 14 atom stereocenters. The van der Waals surface area contributed by atoms with Gasteiger partial charge < -0.3 is 53.2 Å². The Morgan fingerprint density at radius 3 is 2.23 bits per heavy atom. The summed E-state index contributed by atoms with van der Waals surface area (Å²) in [7, 11) is 5.86. The molecule has 5 rings (SSSR count). The third-order valence-electron chi connectivity index (χ3n) is 12.8. The molecule has 0 radical (unpaired) electrons. The number of cyclic esters (lactones) is 1. The predicted molar refractivity (Wildman–Crippen MR) is 231 cm³/mol. The second kappa shape index (κ2) is 21.7. The van der Waals surface area contributed by atoms with Crippen molar-refractivity contribution >= 4 is 18.2 Å². The van der Waals surface area contributed by atoms with Gasteiger partial charge in [0.15, 0.2) is 18.0 Å². The van der Waals surface area contributed by atoms with Crippen LogP contribution in [0.25, 0.3) is 0 Å². The lowest BCUT2D eigenvalue weighted by atomic mass is 9.77. The highest BCUT2D eigenvalue weighted by atomic mass is 16.8. The second-order valence-electron chi connectivity index (χ2n) is 18.3. The number of alkyl carbamates (subject to hydrolysis) is 1. The van der Waals surface area contributed by atoms with E-state index in [0.29, 0.717) is 26.0 Å². The topological polar surface area (TPSA) is 164 Å². The lowest BCUT2D eigenvalue weighted by Crippen LogP contribution is -2.60. The summed E-state index contributed by atoms with van der Waals surface area (Å²) in [5.41, 5.74) is -1.07. The first-order chi connectivity index (χ1) is 29.3. The minimum atomic E-state index is -1.59. The number of hydrogen-bond donors (Lipinski definition) is 2. The zero-order valence-corrected chi connectivity index (χ0v) is 38.5. The normalized spacial score (nSPS) is 36.3. The highest BCUT2D eigenvalue weighted by molar-refractivity contribution is 5.74. The molecule has 3 fully saturated rings. The number of nitrogens with zero attached hydrogens (tertiary/aromatic N) is 2. The zero-order valence-electron chi connectivity index (χ0n) is 38.5. The summed E-state index contributed by atoms with van der Waals surface area (Å²) in [6.07, 6.45) is -6.34. The number of benzene rings is 2. The molecule has 3 aliphatic heterocycles. The van der Waals surface area contributed by atoms with Gasteiger partial charge in [-0.1, -0.05) is 81.4 Å². The van der Waals surface area contributed by atoms with Crippen LogP contribution in [0.1, 0.15) is 85.8 Å². The van der Waals surface area contributed by atoms with Crippen LogP contribution in [-0.4, -0.2) is 134 Å². The summed E-state index contributed by atoms with van der Waals surface area (Å²) in [4.78, 5) is 45.1. The lowest BCUT2D eigenvalue weighted by molar-refractivity contribution is -0.314. The molecule has 3 heterocycles. The maximum atomic E-state index is 14.5. The smallest absolute Gasteiger partial charge is 0.458 e. The third kappa shape index (κ3) is 12.2. The standard InChI is InChI=1S/C47H71N3O12/c1-12-37-47(8)41(61-45(53)62-47)33(6)50(11)26-29(2)24-46(7,54)40(31(4)38(32(5)42(51)58-37)59-44(52)48-25-34-19-15-13-16-20-34)60-43-39(36(49(9)10)23-30(3)57-43)56-28-55-27-35-21-17-14-18-22-35/h13-22,29-33,36-41,43,54H,12,23-28H2,1-11H3,(H,48,52)/t29-,30-,31+,32-,33-,36+,37-,38+,39-,40-,41-,43+,46-,47-/m1/s1. The number of amides is 1. The van der Waals surface area contributed by atoms with E-state index >= 15 is 0 Å². The van der Waals surface area contributed by atoms with E-state index in [1.165, 1.54) is 0 Å². The van der Waals surface area contributed by atoms with Crippen molar-refractivity contribution in [1.82, 2.24) is 15.1 Å². The summed E-state index contributed by atoms with van der Waals surface area (Å²) in [5, 5.41) is 15.6. The summed E-state index contributed by atoms with van der Waals surface area (Å²) in [6.45, 7) is 15.6. The van der Waals surface area contributed by atoms with Crippen molar-refractivity contribution < 1.29 is 57.4 Å². The largest absolute Gasteiger partial charge is 0.509 e. The Morgan fingerprint density at radius 1 is 0.952 bits per heavy atom. The molecule has 0 unspecified atom stereocenters. The summed E-state index contributed by atoms with van der Waals surface area (Å²) in [6, 6.07) is 18.7. The number of carbonyl (C=O) groups is 3. The van der Waals surface area contributed by atoms with Crippen LogP contribution in [-0.2, 0) is 55.8 Å². The molecular formula is C47H71N3O12. The molecule has 0 spiro atoms. The molecule has 0 saturated carbocycles. The number of ether oxygens (including phenoxy) is 8. The van der Waals surface area contributed by atoms with Crippen molar-refractivity contribution in [3.63, 3.8) is 0 Å². The van der Waals surface area contributed by atoms with Gasteiger partial charge in [-0.15, -0.1) is 0 Å². The third-order valence-corrected chi connectivity index (χ3v) is 12.8. The molecule has 2 N–H and O–H groups in total. The molecule has 0 bridgehead atoms. The number of rotatable bonds is 12. The van der Waals surface area contributed by atoms with Crippen LogP contribution in [0, 0.1) is 17.8 Å². The number of aliphatic hydroxyl groups is 1. The van der Waals surface area contributed by atoms with Crippen LogP contribution >= 0.6 is 0 Å². The Labute approximate surface area is 368 Å². The monoisotopic (exact) mass is 870 g/mol.